The third-order valence-corrected chi connectivity index (χ3v) is 4.19. The van der Waals surface area contributed by atoms with Gasteiger partial charge in [0, 0.05) is 12.1 Å². The Bertz CT molecular complexity index is 682. The summed E-state index contributed by atoms with van der Waals surface area (Å²) in [5.74, 6) is -1.33. The molecule has 1 aromatic carbocycles. The molecule has 0 aromatic heterocycles. The van der Waals surface area contributed by atoms with Crippen molar-refractivity contribution in [2.75, 3.05) is 19.7 Å². The summed E-state index contributed by atoms with van der Waals surface area (Å²) in [6, 6.07) is 7.06. The highest BCUT2D eigenvalue weighted by atomic mass is 16.5. The monoisotopic (exact) mass is 358 g/mol. The average molecular weight is 358 g/mol. The molecule has 1 aliphatic rings. The molecule has 0 saturated carbocycles. The fraction of sp³-hybridized carbons (Fsp3) is 0.450. The van der Waals surface area contributed by atoms with Gasteiger partial charge in [0.1, 0.15) is 6.54 Å². The summed E-state index contributed by atoms with van der Waals surface area (Å²) in [4.78, 5) is 35.3. The Hall–Kier alpha value is -2.63. The van der Waals surface area contributed by atoms with Crippen LogP contribution in [0.4, 0.5) is 0 Å². The van der Waals surface area contributed by atoms with Crippen LogP contribution in [0, 0.1) is 6.92 Å². The van der Waals surface area contributed by atoms with Crippen molar-refractivity contribution >= 4 is 17.8 Å². The first-order valence-electron chi connectivity index (χ1n) is 8.99. The molecule has 2 rings (SSSR count). The molecule has 0 spiro atoms. The van der Waals surface area contributed by atoms with E-state index in [1.807, 2.05) is 13.0 Å². The number of hydrogen-bond acceptors (Lipinski definition) is 4. The van der Waals surface area contributed by atoms with Gasteiger partial charge in [0.05, 0.1) is 0 Å². The summed E-state index contributed by atoms with van der Waals surface area (Å²) < 4.78 is 4.88. The molecule has 0 radical (unpaired) electrons. The SMILES string of the molecule is Cc1cccc(C(=O)NCC(=O)OCC(=O)NCCC2=CCCCC2)c1. The van der Waals surface area contributed by atoms with Crippen molar-refractivity contribution in [2.45, 2.75) is 39.0 Å². The van der Waals surface area contributed by atoms with Gasteiger partial charge in [0.25, 0.3) is 11.8 Å². The maximum atomic E-state index is 11.9. The standard InChI is InChI=1S/C20H26N2O4/c1-15-6-5-9-17(12-15)20(25)22-13-19(24)26-14-18(23)21-11-10-16-7-3-2-4-8-16/h5-7,9,12H,2-4,8,10-11,13-14H2,1H3,(H,21,23)(H,22,25). The molecule has 0 heterocycles. The summed E-state index contributed by atoms with van der Waals surface area (Å²) in [5, 5.41) is 5.22. The van der Waals surface area contributed by atoms with E-state index >= 15 is 0 Å². The zero-order valence-electron chi connectivity index (χ0n) is 15.2. The number of hydrogen-bond donors (Lipinski definition) is 2. The molecule has 0 atom stereocenters. The summed E-state index contributed by atoms with van der Waals surface area (Å²) in [5.41, 5.74) is 2.82. The van der Waals surface area contributed by atoms with Gasteiger partial charge in [-0.3, -0.25) is 14.4 Å². The van der Waals surface area contributed by atoms with Crippen LogP contribution in [0.15, 0.2) is 35.9 Å². The third kappa shape index (κ3) is 7.09. The third-order valence-electron chi connectivity index (χ3n) is 4.19. The van der Waals surface area contributed by atoms with Crippen molar-refractivity contribution in [3.8, 4) is 0 Å². The lowest BCUT2D eigenvalue weighted by Gasteiger charge is -2.13. The number of carbonyl (C=O) groups excluding carboxylic acids is 3. The van der Waals surface area contributed by atoms with Crippen molar-refractivity contribution in [2.24, 2.45) is 0 Å². The number of amides is 2. The van der Waals surface area contributed by atoms with E-state index in [9.17, 15) is 14.4 Å². The number of benzene rings is 1. The normalized spacial score (nSPS) is 13.5. The predicted octanol–water partition coefficient (Wildman–Crippen LogP) is 2.27. The molecule has 2 amide bonds. The average Bonchev–Trinajstić information content (AvgIpc) is 2.65. The second-order valence-electron chi connectivity index (χ2n) is 6.42. The number of carbonyl (C=O) groups is 3. The first kappa shape index (κ1) is 19.7. The number of rotatable bonds is 8. The molecule has 26 heavy (non-hydrogen) atoms. The van der Waals surface area contributed by atoms with Crippen LogP contribution in [0.5, 0.6) is 0 Å². The van der Waals surface area contributed by atoms with Gasteiger partial charge < -0.3 is 15.4 Å². The van der Waals surface area contributed by atoms with Crippen molar-refractivity contribution in [3.63, 3.8) is 0 Å². The number of aryl methyl sites for hydroxylation is 1. The van der Waals surface area contributed by atoms with Crippen molar-refractivity contribution in [1.82, 2.24) is 10.6 Å². The molecule has 1 aliphatic carbocycles. The van der Waals surface area contributed by atoms with Gasteiger partial charge in [-0.1, -0.05) is 29.3 Å². The highest BCUT2D eigenvalue weighted by Crippen LogP contribution is 2.19. The van der Waals surface area contributed by atoms with Crippen LogP contribution >= 0.6 is 0 Å². The number of nitrogens with one attached hydrogen (secondary N) is 2. The minimum absolute atomic E-state index is 0.271. The van der Waals surface area contributed by atoms with Gasteiger partial charge in [0.2, 0.25) is 0 Å². The molecule has 2 N–H and O–H groups in total. The largest absolute Gasteiger partial charge is 0.454 e. The van der Waals surface area contributed by atoms with Crippen molar-refractivity contribution < 1.29 is 19.1 Å². The zero-order chi connectivity index (χ0) is 18.8. The van der Waals surface area contributed by atoms with E-state index in [1.54, 1.807) is 18.2 Å². The first-order chi connectivity index (χ1) is 12.5. The number of allylic oxidation sites excluding steroid dienone is 1. The lowest BCUT2D eigenvalue weighted by Crippen LogP contribution is -2.34. The van der Waals surface area contributed by atoms with Crippen LogP contribution in [0.25, 0.3) is 0 Å². The van der Waals surface area contributed by atoms with Gasteiger partial charge in [-0.2, -0.15) is 0 Å². The number of ether oxygens (including phenoxy) is 1. The molecule has 1 aromatic rings. The fourth-order valence-electron chi connectivity index (χ4n) is 2.78. The Balaban J connectivity index is 1.59. The Morgan fingerprint density at radius 2 is 2.00 bits per heavy atom. The molecule has 0 fully saturated rings. The first-order valence-corrected chi connectivity index (χ1v) is 8.99. The predicted molar refractivity (Wildman–Crippen MR) is 98.6 cm³/mol. The second kappa shape index (κ2) is 10.4. The summed E-state index contributed by atoms with van der Waals surface area (Å²) in [6.45, 7) is 1.83. The molecule has 0 saturated heterocycles. The summed E-state index contributed by atoms with van der Waals surface area (Å²) in [7, 11) is 0. The van der Waals surface area contributed by atoms with Gasteiger partial charge in [-0.25, -0.2) is 0 Å². The van der Waals surface area contributed by atoms with Crippen LogP contribution in [0.3, 0.4) is 0 Å². The fourth-order valence-corrected chi connectivity index (χ4v) is 2.78. The molecule has 140 valence electrons. The highest BCUT2D eigenvalue weighted by molar-refractivity contribution is 5.96. The molecule has 0 aliphatic heterocycles. The van der Waals surface area contributed by atoms with E-state index < -0.39 is 5.97 Å². The summed E-state index contributed by atoms with van der Waals surface area (Å²) in [6.07, 6.45) is 7.76. The molecular weight excluding hydrogens is 332 g/mol. The molecular formula is C20H26N2O4. The van der Waals surface area contributed by atoms with Crippen molar-refractivity contribution in [3.05, 3.63) is 47.0 Å². The van der Waals surface area contributed by atoms with Crippen LogP contribution in [0.2, 0.25) is 0 Å². The van der Waals surface area contributed by atoms with Crippen LogP contribution in [0.1, 0.15) is 48.0 Å². The Morgan fingerprint density at radius 3 is 2.73 bits per heavy atom. The quantitative estimate of drug-likeness (QED) is 0.551. The van der Waals surface area contributed by atoms with Crippen LogP contribution in [-0.2, 0) is 14.3 Å². The maximum absolute atomic E-state index is 11.9. The molecule has 6 nitrogen and oxygen atoms in total. The molecule has 0 unspecified atom stereocenters. The van der Waals surface area contributed by atoms with E-state index in [-0.39, 0.29) is 25.0 Å². The van der Waals surface area contributed by atoms with Gasteiger partial charge >= 0.3 is 5.97 Å². The van der Waals surface area contributed by atoms with E-state index in [0.29, 0.717) is 12.1 Å². The van der Waals surface area contributed by atoms with E-state index in [1.165, 1.54) is 18.4 Å². The Labute approximate surface area is 154 Å². The summed E-state index contributed by atoms with van der Waals surface area (Å²) >= 11 is 0. The van der Waals surface area contributed by atoms with E-state index in [4.69, 9.17) is 4.74 Å². The topological polar surface area (TPSA) is 84.5 Å². The van der Waals surface area contributed by atoms with Gasteiger partial charge in [0.15, 0.2) is 6.61 Å². The van der Waals surface area contributed by atoms with Crippen LogP contribution < -0.4 is 10.6 Å². The Morgan fingerprint density at radius 1 is 1.15 bits per heavy atom. The highest BCUT2D eigenvalue weighted by Gasteiger charge is 2.11. The lowest BCUT2D eigenvalue weighted by molar-refractivity contribution is -0.147. The number of esters is 1. The molecule has 0 bridgehead atoms. The Kier molecular flexibility index (Phi) is 7.86. The lowest BCUT2D eigenvalue weighted by atomic mass is 9.97. The van der Waals surface area contributed by atoms with Gasteiger partial charge in [-0.05, 0) is 51.2 Å². The van der Waals surface area contributed by atoms with Crippen LogP contribution in [-0.4, -0.2) is 37.5 Å². The minimum atomic E-state index is -0.642. The second-order valence-corrected chi connectivity index (χ2v) is 6.42. The molecule has 6 heteroatoms. The van der Waals surface area contributed by atoms with Crippen molar-refractivity contribution in [1.29, 1.82) is 0 Å². The zero-order valence-corrected chi connectivity index (χ0v) is 15.2. The minimum Gasteiger partial charge on any atom is -0.454 e. The maximum Gasteiger partial charge on any atom is 0.325 e. The van der Waals surface area contributed by atoms with E-state index in [2.05, 4.69) is 16.7 Å². The van der Waals surface area contributed by atoms with Gasteiger partial charge in [-0.15, -0.1) is 0 Å². The smallest absolute Gasteiger partial charge is 0.325 e. The van der Waals surface area contributed by atoms with E-state index in [0.717, 1.165) is 24.8 Å².